The monoisotopic (exact) mass is 225 g/mol. The molecule has 0 N–H and O–H groups in total. The van der Waals surface area contributed by atoms with Gasteiger partial charge in [-0.3, -0.25) is 5.01 Å². The number of hydrogen-bond acceptors (Lipinski definition) is 3. The van der Waals surface area contributed by atoms with Crippen LogP contribution in [0.1, 0.15) is 60.3 Å². The van der Waals surface area contributed by atoms with Crippen molar-refractivity contribution < 1.29 is 0 Å². The van der Waals surface area contributed by atoms with Crippen molar-refractivity contribution >= 4 is 6.34 Å². The van der Waals surface area contributed by atoms with Crippen LogP contribution in [0, 0.1) is 0 Å². The zero-order chi connectivity index (χ0) is 12.2. The van der Waals surface area contributed by atoms with Crippen LogP contribution in [-0.2, 0) is 0 Å². The van der Waals surface area contributed by atoms with Gasteiger partial charge in [0.15, 0.2) is 0 Å². The predicted octanol–water partition coefficient (Wildman–Crippen LogP) is 3.27. The van der Waals surface area contributed by atoms with Gasteiger partial charge >= 0.3 is 0 Å². The van der Waals surface area contributed by atoms with Crippen molar-refractivity contribution in [3.05, 3.63) is 0 Å². The fourth-order valence-corrected chi connectivity index (χ4v) is 2.14. The van der Waals surface area contributed by atoms with Crippen molar-refractivity contribution in [1.29, 1.82) is 0 Å². The fourth-order valence-electron chi connectivity index (χ4n) is 2.14. The Labute approximate surface area is 100 Å². The number of rotatable bonds is 5. The first-order valence-corrected chi connectivity index (χ1v) is 6.56. The Bertz CT molecular complexity index is 230. The minimum absolute atomic E-state index is 0.168. The zero-order valence-electron chi connectivity index (χ0n) is 11.5. The van der Waals surface area contributed by atoms with E-state index in [0.717, 1.165) is 6.54 Å². The Morgan fingerprint density at radius 2 is 1.88 bits per heavy atom. The van der Waals surface area contributed by atoms with Crippen molar-refractivity contribution in [3.63, 3.8) is 0 Å². The van der Waals surface area contributed by atoms with Gasteiger partial charge in [0.05, 0.1) is 0 Å². The molecule has 1 heterocycles. The van der Waals surface area contributed by atoms with Gasteiger partial charge in [0.1, 0.15) is 12.5 Å². The van der Waals surface area contributed by atoms with Crippen molar-refractivity contribution in [2.45, 2.75) is 72.0 Å². The van der Waals surface area contributed by atoms with E-state index >= 15 is 0 Å². The molecular weight excluding hydrogens is 198 g/mol. The highest BCUT2D eigenvalue weighted by molar-refractivity contribution is 5.58. The van der Waals surface area contributed by atoms with E-state index in [9.17, 15) is 0 Å². The summed E-state index contributed by atoms with van der Waals surface area (Å²) in [7, 11) is 0. The van der Waals surface area contributed by atoms with Crippen LogP contribution in [0.5, 0.6) is 0 Å². The summed E-state index contributed by atoms with van der Waals surface area (Å²) >= 11 is 0. The molecule has 0 aromatic rings. The summed E-state index contributed by atoms with van der Waals surface area (Å²) in [6, 6.07) is 0. The topological polar surface area (TPSA) is 18.8 Å². The second-order valence-corrected chi connectivity index (χ2v) is 5.66. The lowest BCUT2D eigenvalue weighted by atomic mass is 10.1. The summed E-state index contributed by atoms with van der Waals surface area (Å²) in [5.74, 6) is 0. The summed E-state index contributed by atoms with van der Waals surface area (Å²) in [5.41, 5.74) is 0.168. The minimum atomic E-state index is 0.168. The third kappa shape index (κ3) is 3.39. The molecule has 16 heavy (non-hydrogen) atoms. The maximum absolute atomic E-state index is 4.50. The Morgan fingerprint density at radius 1 is 1.19 bits per heavy atom. The van der Waals surface area contributed by atoms with E-state index in [2.05, 4.69) is 49.6 Å². The second-order valence-electron chi connectivity index (χ2n) is 5.66. The molecule has 1 atom stereocenters. The lowest BCUT2D eigenvalue weighted by Gasteiger charge is -2.37. The van der Waals surface area contributed by atoms with Gasteiger partial charge in [0, 0.05) is 12.1 Å². The van der Waals surface area contributed by atoms with Crippen molar-refractivity contribution in [2.75, 3.05) is 6.54 Å². The summed E-state index contributed by atoms with van der Waals surface area (Å²) in [6.45, 7) is 12.3. The van der Waals surface area contributed by atoms with E-state index in [0.29, 0.717) is 6.17 Å². The third-order valence-electron chi connectivity index (χ3n) is 3.17. The summed E-state index contributed by atoms with van der Waals surface area (Å²) in [5, 5.41) is 6.71. The fraction of sp³-hybridized carbons (Fsp3) is 0.923. The predicted molar refractivity (Wildman–Crippen MR) is 70.4 cm³/mol. The number of unbranched alkanes of at least 4 members (excludes halogenated alkanes) is 3. The molecule has 1 unspecified atom stereocenters. The van der Waals surface area contributed by atoms with Gasteiger partial charge in [-0.2, -0.15) is 5.10 Å². The van der Waals surface area contributed by atoms with Crippen LogP contribution in [0.25, 0.3) is 0 Å². The van der Waals surface area contributed by atoms with Gasteiger partial charge in [-0.1, -0.05) is 26.2 Å². The van der Waals surface area contributed by atoms with Gasteiger partial charge in [-0.05, 0) is 34.1 Å². The summed E-state index contributed by atoms with van der Waals surface area (Å²) < 4.78 is 0. The minimum Gasteiger partial charge on any atom is -0.335 e. The molecule has 3 nitrogen and oxygen atoms in total. The molecule has 0 aromatic heterocycles. The van der Waals surface area contributed by atoms with Crippen LogP contribution >= 0.6 is 0 Å². The van der Waals surface area contributed by atoms with Crippen LogP contribution < -0.4 is 0 Å². The Morgan fingerprint density at radius 3 is 2.38 bits per heavy atom. The SMILES string of the molecule is CCCCCCN1N=CN(C(C)(C)C)C1C. The normalized spacial score (nSPS) is 20.9. The zero-order valence-corrected chi connectivity index (χ0v) is 11.5. The van der Waals surface area contributed by atoms with E-state index in [4.69, 9.17) is 0 Å². The second kappa shape index (κ2) is 5.55. The van der Waals surface area contributed by atoms with Crippen LogP contribution in [-0.4, -0.2) is 34.5 Å². The lowest BCUT2D eigenvalue weighted by molar-refractivity contribution is 0.0880. The van der Waals surface area contributed by atoms with E-state index in [1.807, 2.05) is 6.34 Å². The lowest BCUT2D eigenvalue weighted by Crippen LogP contribution is -2.47. The van der Waals surface area contributed by atoms with Crippen LogP contribution in [0.15, 0.2) is 5.10 Å². The number of nitrogens with zero attached hydrogens (tertiary/aromatic N) is 3. The molecule has 3 heteroatoms. The van der Waals surface area contributed by atoms with E-state index < -0.39 is 0 Å². The van der Waals surface area contributed by atoms with Gasteiger partial charge in [-0.15, -0.1) is 0 Å². The standard InChI is InChI=1S/C13H27N3/c1-6-7-8-9-10-16-12(2)15(11-14-16)13(3,4)5/h11-12H,6-10H2,1-5H3. The molecule has 0 radical (unpaired) electrons. The Balaban J connectivity index is 2.34. The summed E-state index contributed by atoms with van der Waals surface area (Å²) in [6.07, 6.45) is 7.62. The largest absolute Gasteiger partial charge is 0.335 e. The maximum atomic E-state index is 4.50. The molecule has 94 valence electrons. The van der Waals surface area contributed by atoms with Gasteiger partial charge in [0.25, 0.3) is 0 Å². The first-order valence-electron chi connectivity index (χ1n) is 6.56. The van der Waals surface area contributed by atoms with Gasteiger partial charge in [-0.25, -0.2) is 0 Å². The van der Waals surface area contributed by atoms with E-state index in [1.54, 1.807) is 0 Å². The molecule has 0 aliphatic carbocycles. The molecule has 1 rings (SSSR count). The maximum Gasteiger partial charge on any atom is 0.116 e. The van der Waals surface area contributed by atoms with Crippen molar-refractivity contribution in [3.8, 4) is 0 Å². The van der Waals surface area contributed by atoms with Crippen molar-refractivity contribution in [2.24, 2.45) is 5.10 Å². The number of hydrogen-bond donors (Lipinski definition) is 0. The van der Waals surface area contributed by atoms with E-state index in [1.165, 1.54) is 25.7 Å². The summed E-state index contributed by atoms with van der Waals surface area (Å²) in [4.78, 5) is 2.33. The molecule has 0 saturated carbocycles. The molecule has 0 spiro atoms. The highest BCUT2D eigenvalue weighted by Crippen LogP contribution is 2.22. The van der Waals surface area contributed by atoms with E-state index in [-0.39, 0.29) is 5.54 Å². The average Bonchev–Trinajstić information content (AvgIpc) is 2.54. The van der Waals surface area contributed by atoms with Crippen molar-refractivity contribution in [1.82, 2.24) is 9.91 Å². The molecule has 1 aliphatic rings. The molecule has 0 bridgehead atoms. The van der Waals surface area contributed by atoms with Crippen LogP contribution in [0.3, 0.4) is 0 Å². The smallest absolute Gasteiger partial charge is 0.116 e. The molecule has 0 saturated heterocycles. The Hall–Kier alpha value is -0.730. The molecule has 0 fully saturated rings. The third-order valence-corrected chi connectivity index (χ3v) is 3.17. The number of hydrazone groups is 1. The highest BCUT2D eigenvalue weighted by Gasteiger charge is 2.30. The molecular formula is C13H27N3. The quantitative estimate of drug-likeness (QED) is 0.669. The van der Waals surface area contributed by atoms with Gasteiger partial charge in [0.2, 0.25) is 0 Å². The highest BCUT2D eigenvalue weighted by atomic mass is 15.6. The van der Waals surface area contributed by atoms with Gasteiger partial charge < -0.3 is 4.90 Å². The first kappa shape index (κ1) is 13.3. The molecule has 0 aromatic carbocycles. The van der Waals surface area contributed by atoms with Crippen LogP contribution in [0.4, 0.5) is 0 Å². The van der Waals surface area contributed by atoms with Crippen LogP contribution in [0.2, 0.25) is 0 Å². The molecule has 0 amide bonds. The Kier molecular flexibility index (Phi) is 4.63. The molecule has 1 aliphatic heterocycles. The first-order chi connectivity index (χ1) is 7.46. The average molecular weight is 225 g/mol.